The highest BCUT2D eigenvalue weighted by molar-refractivity contribution is 5.09. The van der Waals surface area contributed by atoms with Crippen LogP contribution in [-0.2, 0) is 0 Å². The minimum Gasteiger partial charge on any atom is -0.465 e. The molecule has 0 aromatic carbocycles. The molecule has 0 aliphatic rings. The lowest BCUT2D eigenvalue weighted by Gasteiger charge is -2.15. The number of rotatable bonds is 3. The minimum atomic E-state index is -0.0799. The highest BCUT2D eigenvalue weighted by Gasteiger charge is 2.15. The van der Waals surface area contributed by atoms with Crippen LogP contribution in [0.1, 0.15) is 24.5 Å². The summed E-state index contributed by atoms with van der Waals surface area (Å²) in [5.41, 5.74) is 11.4. The molecule has 0 saturated carbocycles. The third-order valence-corrected chi connectivity index (χ3v) is 2.07. The summed E-state index contributed by atoms with van der Waals surface area (Å²) in [4.78, 5) is 0. The van der Waals surface area contributed by atoms with Gasteiger partial charge in [-0.3, -0.25) is 0 Å². The summed E-state index contributed by atoms with van der Waals surface area (Å²) in [6.45, 7) is 4.51. The van der Waals surface area contributed by atoms with E-state index in [2.05, 4.69) is 0 Å². The van der Waals surface area contributed by atoms with E-state index in [1.54, 1.807) is 0 Å². The van der Waals surface area contributed by atoms with Gasteiger partial charge in [0.05, 0.1) is 6.04 Å². The molecule has 0 radical (unpaired) electrons. The van der Waals surface area contributed by atoms with E-state index in [4.69, 9.17) is 15.9 Å². The Hall–Kier alpha value is -0.800. The molecule has 68 valence electrons. The molecule has 0 amide bonds. The predicted octanol–water partition coefficient (Wildman–Crippen LogP) is 1.18. The fraction of sp³-hybridized carbons (Fsp3) is 0.556. The van der Waals surface area contributed by atoms with Gasteiger partial charge in [-0.2, -0.15) is 0 Å². The van der Waals surface area contributed by atoms with E-state index in [1.165, 1.54) is 0 Å². The first-order valence-electron chi connectivity index (χ1n) is 4.17. The van der Waals surface area contributed by atoms with Gasteiger partial charge in [-0.1, -0.05) is 6.92 Å². The molecule has 3 heteroatoms. The monoisotopic (exact) mass is 168 g/mol. The fourth-order valence-corrected chi connectivity index (χ4v) is 1.06. The number of hydrogen-bond acceptors (Lipinski definition) is 3. The molecule has 0 saturated heterocycles. The molecule has 3 nitrogen and oxygen atoms in total. The van der Waals surface area contributed by atoms with E-state index in [1.807, 2.05) is 26.0 Å². The van der Waals surface area contributed by atoms with Crippen molar-refractivity contribution in [2.75, 3.05) is 6.54 Å². The van der Waals surface area contributed by atoms with Crippen molar-refractivity contribution in [3.8, 4) is 0 Å². The first-order chi connectivity index (χ1) is 5.65. The maximum atomic E-state index is 5.89. The fourth-order valence-electron chi connectivity index (χ4n) is 1.06. The van der Waals surface area contributed by atoms with E-state index < -0.39 is 0 Å². The van der Waals surface area contributed by atoms with Crippen molar-refractivity contribution in [3.05, 3.63) is 23.7 Å². The topological polar surface area (TPSA) is 65.2 Å². The molecule has 0 aliphatic carbocycles. The van der Waals surface area contributed by atoms with Crippen LogP contribution in [0.5, 0.6) is 0 Å². The van der Waals surface area contributed by atoms with Crippen molar-refractivity contribution in [2.24, 2.45) is 17.4 Å². The van der Waals surface area contributed by atoms with Gasteiger partial charge in [0.2, 0.25) is 0 Å². The van der Waals surface area contributed by atoms with Gasteiger partial charge >= 0.3 is 0 Å². The molecule has 0 spiro atoms. The summed E-state index contributed by atoms with van der Waals surface area (Å²) < 4.78 is 5.39. The van der Waals surface area contributed by atoms with Gasteiger partial charge in [-0.25, -0.2) is 0 Å². The minimum absolute atomic E-state index is 0.0799. The molecule has 4 N–H and O–H groups in total. The molecule has 1 aromatic rings. The van der Waals surface area contributed by atoms with Crippen LogP contribution in [-0.4, -0.2) is 6.54 Å². The van der Waals surface area contributed by atoms with E-state index in [-0.39, 0.29) is 12.0 Å². The van der Waals surface area contributed by atoms with Gasteiger partial charge < -0.3 is 15.9 Å². The molecule has 0 bridgehead atoms. The highest BCUT2D eigenvalue weighted by atomic mass is 16.3. The van der Waals surface area contributed by atoms with Crippen molar-refractivity contribution in [1.82, 2.24) is 0 Å². The lowest BCUT2D eigenvalue weighted by molar-refractivity contribution is 0.379. The zero-order chi connectivity index (χ0) is 9.14. The van der Waals surface area contributed by atoms with Gasteiger partial charge in [0.1, 0.15) is 11.5 Å². The Labute approximate surface area is 72.7 Å². The summed E-state index contributed by atoms with van der Waals surface area (Å²) in [7, 11) is 0. The standard InChI is InChI=1S/C9H16N2O/c1-6(5-10)9(11)8-4-3-7(2)12-8/h3-4,6,9H,5,10-11H2,1-2H3. The first-order valence-corrected chi connectivity index (χ1v) is 4.17. The van der Waals surface area contributed by atoms with Crippen LogP contribution in [0.15, 0.2) is 16.5 Å². The van der Waals surface area contributed by atoms with Crippen molar-refractivity contribution in [3.63, 3.8) is 0 Å². The second-order valence-electron chi connectivity index (χ2n) is 3.19. The van der Waals surface area contributed by atoms with Crippen LogP contribution in [0.3, 0.4) is 0 Å². The molecule has 1 aromatic heterocycles. The third-order valence-electron chi connectivity index (χ3n) is 2.07. The van der Waals surface area contributed by atoms with Crippen LogP contribution >= 0.6 is 0 Å². The second kappa shape index (κ2) is 3.74. The molecule has 12 heavy (non-hydrogen) atoms. The molecule has 2 unspecified atom stereocenters. The summed E-state index contributed by atoms with van der Waals surface area (Å²) in [5.74, 6) is 1.98. The zero-order valence-corrected chi connectivity index (χ0v) is 7.58. The Kier molecular flexibility index (Phi) is 2.89. The predicted molar refractivity (Wildman–Crippen MR) is 48.6 cm³/mol. The Morgan fingerprint density at radius 1 is 1.50 bits per heavy atom. The van der Waals surface area contributed by atoms with Gasteiger partial charge in [-0.05, 0) is 31.5 Å². The number of furan rings is 1. The van der Waals surface area contributed by atoms with Crippen LogP contribution in [0, 0.1) is 12.8 Å². The Balaban J connectivity index is 2.70. The molecule has 0 aliphatic heterocycles. The Morgan fingerprint density at radius 3 is 2.58 bits per heavy atom. The number of nitrogens with two attached hydrogens (primary N) is 2. The van der Waals surface area contributed by atoms with Crippen molar-refractivity contribution < 1.29 is 4.42 Å². The quantitative estimate of drug-likeness (QED) is 0.712. The summed E-state index contributed by atoms with van der Waals surface area (Å²) >= 11 is 0. The largest absolute Gasteiger partial charge is 0.465 e. The second-order valence-corrected chi connectivity index (χ2v) is 3.19. The average molecular weight is 168 g/mol. The summed E-state index contributed by atoms with van der Waals surface area (Å²) in [6, 6.07) is 3.74. The average Bonchev–Trinajstić information content (AvgIpc) is 2.49. The third kappa shape index (κ3) is 1.87. The van der Waals surface area contributed by atoms with E-state index in [0.717, 1.165) is 11.5 Å². The molecular formula is C9H16N2O. The van der Waals surface area contributed by atoms with E-state index >= 15 is 0 Å². The molecular weight excluding hydrogens is 152 g/mol. The lowest BCUT2D eigenvalue weighted by Crippen LogP contribution is -2.25. The number of hydrogen-bond donors (Lipinski definition) is 2. The summed E-state index contributed by atoms with van der Waals surface area (Å²) in [5, 5.41) is 0. The van der Waals surface area contributed by atoms with Gasteiger partial charge in [0.25, 0.3) is 0 Å². The Bertz CT molecular complexity index is 244. The molecule has 1 rings (SSSR count). The SMILES string of the molecule is Cc1ccc(C(N)C(C)CN)o1. The van der Waals surface area contributed by atoms with Gasteiger partial charge in [-0.15, -0.1) is 0 Å². The maximum Gasteiger partial charge on any atom is 0.121 e. The van der Waals surface area contributed by atoms with Gasteiger partial charge in [0, 0.05) is 0 Å². The molecule has 0 fully saturated rings. The summed E-state index contributed by atoms with van der Waals surface area (Å²) in [6.07, 6.45) is 0. The molecule has 1 heterocycles. The maximum absolute atomic E-state index is 5.89. The van der Waals surface area contributed by atoms with Gasteiger partial charge in [0.15, 0.2) is 0 Å². The van der Waals surface area contributed by atoms with Crippen LogP contribution in [0.4, 0.5) is 0 Å². The highest BCUT2D eigenvalue weighted by Crippen LogP contribution is 2.20. The van der Waals surface area contributed by atoms with E-state index in [0.29, 0.717) is 6.54 Å². The number of aryl methyl sites for hydroxylation is 1. The van der Waals surface area contributed by atoms with Crippen LogP contribution in [0.2, 0.25) is 0 Å². The molecule has 2 atom stereocenters. The first kappa shape index (κ1) is 9.29. The zero-order valence-electron chi connectivity index (χ0n) is 7.58. The normalized spacial score (nSPS) is 16.0. The van der Waals surface area contributed by atoms with Crippen molar-refractivity contribution in [2.45, 2.75) is 19.9 Å². The van der Waals surface area contributed by atoms with Crippen LogP contribution in [0.25, 0.3) is 0 Å². The smallest absolute Gasteiger partial charge is 0.121 e. The van der Waals surface area contributed by atoms with Crippen LogP contribution < -0.4 is 11.5 Å². The van der Waals surface area contributed by atoms with E-state index in [9.17, 15) is 0 Å². The Morgan fingerprint density at radius 2 is 2.17 bits per heavy atom. The van der Waals surface area contributed by atoms with Crippen molar-refractivity contribution in [1.29, 1.82) is 0 Å². The lowest BCUT2D eigenvalue weighted by atomic mass is 10.0. The van der Waals surface area contributed by atoms with Crippen molar-refractivity contribution >= 4 is 0 Å².